The van der Waals surface area contributed by atoms with E-state index in [9.17, 15) is 0 Å². The van der Waals surface area contributed by atoms with E-state index in [1.54, 1.807) is 18.1 Å². The van der Waals surface area contributed by atoms with Crippen LogP contribution in [-0.4, -0.2) is 46.7 Å². The lowest BCUT2D eigenvalue weighted by molar-refractivity contribution is 0.405. The van der Waals surface area contributed by atoms with Crippen molar-refractivity contribution in [3.05, 3.63) is 36.4 Å². The zero-order valence-electron chi connectivity index (χ0n) is 15.9. The molecule has 0 bridgehead atoms. The summed E-state index contributed by atoms with van der Waals surface area (Å²) in [6.07, 6.45) is 1.54. The average molecular weight is 377 g/mol. The SMILES string of the molecule is CCNC(=NCc1ncnn1C)NCC(C)CSc1ccccc1OC. The van der Waals surface area contributed by atoms with Gasteiger partial charge in [0.25, 0.3) is 0 Å². The minimum atomic E-state index is 0.476. The van der Waals surface area contributed by atoms with E-state index in [2.05, 4.69) is 45.6 Å². The number of nitrogens with zero attached hydrogens (tertiary/aromatic N) is 4. The van der Waals surface area contributed by atoms with Gasteiger partial charge in [0.1, 0.15) is 24.4 Å². The molecule has 0 aliphatic rings. The van der Waals surface area contributed by atoms with Gasteiger partial charge >= 0.3 is 0 Å². The Morgan fingerprint density at radius 2 is 2.15 bits per heavy atom. The Hall–Kier alpha value is -2.22. The molecule has 0 aliphatic carbocycles. The molecule has 0 fully saturated rings. The fourth-order valence-electron chi connectivity index (χ4n) is 2.25. The predicted molar refractivity (Wildman–Crippen MR) is 107 cm³/mol. The number of methoxy groups -OCH3 is 1. The van der Waals surface area contributed by atoms with E-state index in [0.717, 1.165) is 36.4 Å². The van der Waals surface area contributed by atoms with Crippen LogP contribution in [-0.2, 0) is 13.6 Å². The first kappa shape index (κ1) is 20.1. The van der Waals surface area contributed by atoms with Crippen LogP contribution in [0.1, 0.15) is 19.7 Å². The highest BCUT2D eigenvalue weighted by atomic mass is 32.2. The number of hydrogen-bond donors (Lipinski definition) is 2. The molecule has 1 aromatic carbocycles. The van der Waals surface area contributed by atoms with Gasteiger partial charge < -0.3 is 15.4 Å². The fraction of sp³-hybridized carbons (Fsp3) is 0.500. The van der Waals surface area contributed by atoms with E-state index < -0.39 is 0 Å². The number of aromatic nitrogens is 3. The maximum Gasteiger partial charge on any atom is 0.191 e. The van der Waals surface area contributed by atoms with E-state index in [1.165, 1.54) is 4.90 Å². The van der Waals surface area contributed by atoms with Gasteiger partial charge in [0.15, 0.2) is 5.96 Å². The molecule has 8 heteroatoms. The standard InChI is InChI=1S/C18H28N6OS/c1-5-19-18(21-11-17-22-13-23-24(17)3)20-10-14(2)12-26-16-9-7-6-8-15(16)25-4/h6-9,13-14H,5,10-12H2,1-4H3,(H2,19,20,21). The number of nitrogens with one attached hydrogen (secondary N) is 2. The highest BCUT2D eigenvalue weighted by Gasteiger charge is 2.08. The van der Waals surface area contributed by atoms with Gasteiger partial charge in [-0.15, -0.1) is 11.8 Å². The molecule has 142 valence electrons. The number of benzene rings is 1. The Bertz CT molecular complexity index is 702. The van der Waals surface area contributed by atoms with Crippen LogP contribution in [0, 0.1) is 5.92 Å². The maximum atomic E-state index is 5.41. The Labute approximate surface area is 159 Å². The van der Waals surface area contributed by atoms with Crippen molar-refractivity contribution < 1.29 is 4.74 Å². The third kappa shape index (κ3) is 6.25. The van der Waals surface area contributed by atoms with E-state index in [1.807, 2.05) is 37.0 Å². The van der Waals surface area contributed by atoms with Crippen LogP contribution >= 0.6 is 11.8 Å². The molecule has 1 aromatic heterocycles. The van der Waals surface area contributed by atoms with E-state index in [-0.39, 0.29) is 0 Å². The van der Waals surface area contributed by atoms with E-state index in [0.29, 0.717) is 12.5 Å². The monoisotopic (exact) mass is 376 g/mol. The highest BCUT2D eigenvalue weighted by molar-refractivity contribution is 7.99. The topological polar surface area (TPSA) is 76.4 Å². The van der Waals surface area contributed by atoms with Crippen molar-refractivity contribution >= 4 is 17.7 Å². The van der Waals surface area contributed by atoms with Gasteiger partial charge in [0.05, 0.1) is 7.11 Å². The maximum absolute atomic E-state index is 5.41. The van der Waals surface area contributed by atoms with Crippen molar-refractivity contribution in [2.75, 3.05) is 26.0 Å². The van der Waals surface area contributed by atoms with Crippen molar-refractivity contribution in [1.82, 2.24) is 25.4 Å². The second kappa shape index (κ2) is 10.7. The van der Waals surface area contributed by atoms with E-state index >= 15 is 0 Å². The van der Waals surface area contributed by atoms with Crippen LogP contribution in [0.5, 0.6) is 5.75 Å². The summed E-state index contributed by atoms with van der Waals surface area (Å²) in [6.45, 7) is 6.43. The van der Waals surface area contributed by atoms with Gasteiger partial charge in [-0.05, 0) is 25.0 Å². The molecular weight excluding hydrogens is 348 g/mol. The lowest BCUT2D eigenvalue weighted by Crippen LogP contribution is -2.39. The summed E-state index contributed by atoms with van der Waals surface area (Å²) < 4.78 is 7.14. The number of hydrogen-bond acceptors (Lipinski definition) is 5. The van der Waals surface area contributed by atoms with Crippen LogP contribution in [0.15, 0.2) is 40.5 Å². The lowest BCUT2D eigenvalue weighted by Gasteiger charge is -2.16. The van der Waals surface area contributed by atoms with Crippen molar-refractivity contribution in [1.29, 1.82) is 0 Å². The average Bonchev–Trinajstić information content (AvgIpc) is 3.07. The number of guanidine groups is 1. The summed E-state index contributed by atoms with van der Waals surface area (Å²) in [5.74, 6) is 4.03. The molecule has 0 radical (unpaired) electrons. The minimum absolute atomic E-state index is 0.476. The molecule has 7 nitrogen and oxygen atoms in total. The first-order valence-electron chi connectivity index (χ1n) is 8.74. The summed E-state index contributed by atoms with van der Waals surface area (Å²) in [5.41, 5.74) is 0. The molecule has 0 amide bonds. The Morgan fingerprint density at radius 1 is 1.35 bits per heavy atom. The number of aryl methyl sites for hydroxylation is 1. The molecule has 0 spiro atoms. The van der Waals surface area contributed by atoms with Crippen LogP contribution in [0.2, 0.25) is 0 Å². The molecule has 1 heterocycles. The smallest absolute Gasteiger partial charge is 0.191 e. The minimum Gasteiger partial charge on any atom is -0.496 e. The second-order valence-electron chi connectivity index (χ2n) is 5.94. The number of ether oxygens (including phenoxy) is 1. The van der Waals surface area contributed by atoms with Gasteiger partial charge in [-0.2, -0.15) is 5.10 Å². The van der Waals surface area contributed by atoms with Gasteiger partial charge in [-0.25, -0.2) is 9.98 Å². The number of rotatable bonds is 9. The van der Waals surface area contributed by atoms with Crippen molar-refractivity contribution in [3.63, 3.8) is 0 Å². The summed E-state index contributed by atoms with van der Waals surface area (Å²) >= 11 is 1.81. The molecule has 0 saturated heterocycles. The summed E-state index contributed by atoms with van der Waals surface area (Å²) in [4.78, 5) is 9.95. The molecule has 1 unspecified atom stereocenters. The largest absolute Gasteiger partial charge is 0.496 e. The third-order valence-electron chi connectivity index (χ3n) is 3.74. The van der Waals surface area contributed by atoms with Gasteiger partial charge in [0, 0.05) is 30.8 Å². The van der Waals surface area contributed by atoms with Crippen LogP contribution in [0.3, 0.4) is 0 Å². The molecule has 2 N–H and O–H groups in total. The predicted octanol–water partition coefficient (Wildman–Crippen LogP) is 2.31. The van der Waals surface area contributed by atoms with Crippen molar-refractivity contribution in [2.45, 2.75) is 25.3 Å². The molecule has 0 saturated carbocycles. The van der Waals surface area contributed by atoms with Crippen LogP contribution in [0.4, 0.5) is 0 Å². The second-order valence-corrected chi connectivity index (χ2v) is 7.00. The van der Waals surface area contributed by atoms with Crippen LogP contribution in [0.25, 0.3) is 0 Å². The molecule has 2 aromatic rings. The van der Waals surface area contributed by atoms with E-state index in [4.69, 9.17) is 4.74 Å². The Balaban J connectivity index is 1.82. The summed E-state index contributed by atoms with van der Waals surface area (Å²) in [7, 11) is 3.58. The molecule has 0 aliphatic heterocycles. The Kier molecular flexibility index (Phi) is 8.27. The fourth-order valence-corrected chi connectivity index (χ4v) is 3.31. The van der Waals surface area contributed by atoms with Gasteiger partial charge in [-0.1, -0.05) is 19.1 Å². The zero-order chi connectivity index (χ0) is 18.8. The number of para-hydroxylation sites is 1. The lowest BCUT2D eigenvalue weighted by atomic mass is 10.2. The summed E-state index contributed by atoms with van der Waals surface area (Å²) in [6, 6.07) is 8.12. The van der Waals surface area contributed by atoms with Crippen LogP contribution < -0.4 is 15.4 Å². The molecular formula is C18H28N6OS. The van der Waals surface area contributed by atoms with Crippen molar-refractivity contribution in [3.8, 4) is 5.75 Å². The molecule has 26 heavy (non-hydrogen) atoms. The Morgan fingerprint density at radius 3 is 2.85 bits per heavy atom. The van der Waals surface area contributed by atoms with Gasteiger partial charge in [-0.3, -0.25) is 4.68 Å². The third-order valence-corrected chi connectivity index (χ3v) is 5.12. The zero-order valence-corrected chi connectivity index (χ0v) is 16.7. The van der Waals surface area contributed by atoms with Gasteiger partial charge in [0.2, 0.25) is 0 Å². The molecule has 2 rings (SSSR count). The quantitative estimate of drug-likeness (QED) is 0.397. The first-order chi connectivity index (χ1) is 12.6. The normalized spacial score (nSPS) is 12.7. The number of aliphatic imine (C=N–C) groups is 1. The first-order valence-corrected chi connectivity index (χ1v) is 9.73. The number of thioether (sulfide) groups is 1. The van der Waals surface area contributed by atoms with Crippen molar-refractivity contribution in [2.24, 2.45) is 18.0 Å². The highest BCUT2D eigenvalue weighted by Crippen LogP contribution is 2.29. The molecule has 1 atom stereocenters. The summed E-state index contributed by atoms with van der Waals surface area (Å²) in [5, 5.41) is 10.7.